The molecule has 0 spiro atoms. The van der Waals surface area contributed by atoms with E-state index in [1.807, 2.05) is 38.1 Å². The van der Waals surface area contributed by atoms with E-state index in [0.29, 0.717) is 60.0 Å². The van der Waals surface area contributed by atoms with Crippen LogP contribution in [0.3, 0.4) is 0 Å². The molecule has 1 fully saturated rings. The number of ether oxygens (including phenoxy) is 1. The standard InChI is InChI=1S/C22H23Cl2N3O3/c1-14(2)29-13-17-16-5-3-4-6-19(16)30-20(17)22(28)27-9-7-26(8-10-27)21-18(24)11-15(23)12-25-21/h3-6,11-12,14H,7-10,13H2,1-2H3. The van der Waals surface area contributed by atoms with Crippen molar-refractivity contribution in [2.24, 2.45) is 0 Å². The van der Waals surface area contributed by atoms with Gasteiger partial charge < -0.3 is 19.0 Å². The summed E-state index contributed by atoms with van der Waals surface area (Å²) in [6.45, 7) is 6.61. The zero-order valence-electron chi connectivity index (χ0n) is 16.9. The third-order valence-corrected chi connectivity index (χ3v) is 5.59. The number of halogens is 2. The molecule has 4 rings (SSSR count). The molecule has 1 aliphatic rings. The summed E-state index contributed by atoms with van der Waals surface area (Å²) in [5.41, 5.74) is 1.49. The molecule has 3 aromatic rings. The van der Waals surface area contributed by atoms with Crippen LogP contribution in [-0.4, -0.2) is 48.1 Å². The first-order valence-electron chi connectivity index (χ1n) is 9.91. The molecular formula is C22H23Cl2N3O3. The van der Waals surface area contributed by atoms with Crippen LogP contribution < -0.4 is 4.90 Å². The van der Waals surface area contributed by atoms with Crippen LogP contribution in [0.5, 0.6) is 0 Å². The highest BCUT2D eigenvalue weighted by atomic mass is 35.5. The number of pyridine rings is 1. The number of aromatic nitrogens is 1. The number of rotatable bonds is 5. The molecule has 0 radical (unpaired) electrons. The van der Waals surface area contributed by atoms with Crippen molar-refractivity contribution in [2.45, 2.75) is 26.6 Å². The highest BCUT2D eigenvalue weighted by Gasteiger charge is 2.29. The Hall–Kier alpha value is -2.28. The minimum atomic E-state index is -0.122. The number of furan rings is 1. The zero-order valence-corrected chi connectivity index (χ0v) is 18.4. The molecule has 158 valence electrons. The SMILES string of the molecule is CC(C)OCc1c(C(=O)N2CCN(c3ncc(Cl)cc3Cl)CC2)oc2ccccc12. The predicted molar refractivity (Wildman–Crippen MR) is 119 cm³/mol. The fourth-order valence-corrected chi connectivity index (χ4v) is 4.07. The summed E-state index contributed by atoms with van der Waals surface area (Å²) in [5.74, 6) is 0.916. The van der Waals surface area contributed by atoms with Crippen LogP contribution in [0.4, 0.5) is 5.82 Å². The van der Waals surface area contributed by atoms with Crippen LogP contribution in [0.1, 0.15) is 30.0 Å². The summed E-state index contributed by atoms with van der Waals surface area (Å²) in [6, 6.07) is 9.34. The maximum Gasteiger partial charge on any atom is 0.290 e. The molecule has 3 heterocycles. The van der Waals surface area contributed by atoms with Crippen molar-refractivity contribution in [2.75, 3.05) is 31.1 Å². The van der Waals surface area contributed by atoms with Crippen LogP contribution >= 0.6 is 23.2 Å². The van der Waals surface area contributed by atoms with E-state index in [0.717, 1.165) is 10.9 Å². The monoisotopic (exact) mass is 447 g/mol. The Balaban J connectivity index is 1.53. The second-order valence-electron chi connectivity index (χ2n) is 7.50. The molecule has 0 atom stereocenters. The number of hydrogen-bond acceptors (Lipinski definition) is 5. The van der Waals surface area contributed by atoms with Crippen molar-refractivity contribution < 1.29 is 13.9 Å². The third kappa shape index (κ3) is 4.26. The Bertz CT molecular complexity index is 1060. The number of amides is 1. The van der Waals surface area contributed by atoms with Gasteiger partial charge in [0.2, 0.25) is 0 Å². The normalized spacial score (nSPS) is 14.7. The lowest BCUT2D eigenvalue weighted by Crippen LogP contribution is -2.49. The van der Waals surface area contributed by atoms with E-state index in [-0.39, 0.29) is 12.0 Å². The Morgan fingerprint density at radius 1 is 1.20 bits per heavy atom. The number of anilines is 1. The Morgan fingerprint density at radius 2 is 1.93 bits per heavy atom. The van der Waals surface area contributed by atoms with E-state index in [1.54, 1.807) is 17.2 Å². The van der Waals surface area contributed by atoms with Crippen molar-refractivity contribution in [1.82, 2.24) is 9.88 Å². The number of benzene rings is 1. The quantitative estimate of drug-likeness (QED) is 0.549. The average molecular weight is 448 g/mol. The molecular weight excluding hydrogens is 425 g/mol. The summed E-state index contributed by atoms with van der Waals surface area (Å²) in [7, 11) is 0. The molecule has 0 saturated carbocycles. The van der Waals surface area contributed by atoms with Crippen LogP contribution in [-0.2, 0) is 11.3 Å². The van der Waals surface area contributed by atoms with Gasteiger partial charge in [-0.3, -0.25) is 4.79 Å². The van der Waals surface area contributed by atoms with Crippen molar-refractivity contribution in [3.8, 4) is 0 Å². The van der Waals surface area contributed by atoms with Gasteiger partial charge in [-0.2, -0.15) is 0 Å². The molecule has 1 aromatic carbocycles. The average Bonchev–Trinajstić information content (AvgIpc) is 3.10. The van der Waals surface area contributed by atoms with Gasteiger partial charge in [0.05, 0.1) is 22.8 Å². The number of piperazine rings is 1. The molecule has 6 nitrogen and oxygen atoms in total. The Kier molecular flexibility index (Phi) is 6.18. The van der Waals surface area contributed by atoms with E-state index in [1.165, 1.54) is 0 Å². The molecule has 1 aliphatic heterocycles. The second-order valence-corrected chi connectivity index (χ2v) is 8.35. The molecule has 8 heteroatoms. The third-order valence-electron chi connectivity index (χ3n) is 5.11. The predicted octanol–water partition coefficient (Wildman–Crippen LogP) is 5.02. The molecule has 2 aromatic heterocycles. The van der Waals surface area contributed by atoms with E-state index in [9.17, 15) is 4.79 Å². The summed E-state index contributed by atoms with van der Waals surface area (Å²) in [4.78, 5) is 21.5. The lowest BCUT2D eigenvalue weighted by molar-refractivity contribution is 0.0608. The van der Waals surface area contributed by atoms with Gasteiger partial charge in [-0.05, 0) is 26.0 Å². The summed E-state index contributed by atoms with van der Waals surface area (Å²) >= 11 is 12.2. The first kappa shape index (κ1) is 21.0. The largest absolute Gasteiger partial charge is 0.451 e. The first-order chi connectivity index (χ1) is 14.4. The fraction of sp³-hybridized carbons (Fsp3) is 0.364. The Labute approximate surface area is 185 Å². The molecule has 0 bridgehead atoms. The van der Waals surface area contributed by atoms with Gasteiger partial charge in [-0.1, -0.05) is 41.4 Å². The van der Waals surface area contributed by atoms with Crippen LogP contribution in [0.15, 0.2) is 40.9 Å². The van der Waals surface area contributed by atoms with E-state index in [4.69, 9.17) is 32.4 Å². The number of fused-ring (bicyclic) bond motifs is 1. The molecule has 1 saturated heterocycles. The summed E-state index contributed by atoms with van der Waals surface area (Å²) in [6.07, 6.45) is 1.64. The van der Waals surface area contributed by atoms with Crippen molar-refractivity contribution in [1.29, 1.82) is 0 Å². The van der Waals surface area contributed by atoms with Crippen LogP contribution in [0.2, 0.25) is 10.0 Å². The minimum absolute atomic E-state index is 0.0572. The van der Waals surface area contributed by atoms with Gasteiger partial charge in [0.25, 0.3) is 5.91 Å². The topological polar surface area (TPSA) is 58.8 Å². The van der Waals surface area contributed by atoms with Gasteiger partial charge >= 0.3 is 0 Å². The number of nitrogens with zero attached hydrogens (tertiary/aromatic N) is 3. The molecule has 30 heavy (non-hydrogen) atoms. The van der Waals surface area contributed by atoms with Crippen molar-refractivity contribution in [3.63, 3.8) is 0 Å². The Morgan fingerprint density at radius 3 is 2.63 bits per heavy atom. The van der Waals surface area contributed by atoms with Gasteiger partial charge in [0.1, 0.15) is 11.4 Å². The van der Waals surface area contributed by atoms with Crippen molar-refractivity contribution in [3.05, 3.63) is 57.9 Å². The van der Waals surface area contributed by atoms with Crippen LogP contribution in [0.25, 0.3) is 11.0 Å². The smallest absolute Gasteiger partial charge is 0.290 e. The van der Waals surface area contributed by atoms with Gasteiger partial charge in [0, 0.05) is 43.3 Å². The summed E-state index contributed by atoms with van der Waals surface area (Å²) < 4.78 is 11.8. The molecule has 1 amide bonds. The number of hydrogen-bond donors (Lipinski definition) is 0. The van der Waals surface area contributed by atoms with E-state index in [2.05, 4.69) is 9.88 Å². The van der Waals surface area contributed by atoms with Gasteiger partial charge in [-0.25, -0.2) is 4.98 Å². The van der Waals surface area contributed by atoms with Crippen molar-refractivity contribution >= 4 is 45.9 Å². The molecule has 0 unspecified atom stereocenters. The maximum atomic E-state index is 13.3. The van der Waals surface area contributed by atoms with E-state index >= 15 is 0 Å². The minimum Gasteiger partial charge on any atom is -0.451 e. The van der Waals surface area contributed by atoms with Gasteiger partial charge in [-0.15, -0.1) is 0 Å². The highest BCUT2D eigenvalue weighted by Crippen LogP contribution is 2.30. The fourth-order valence-electron chi connectivity index (χ4n) is 3.57. The lowest BCUT2D eigenvalue weighted by atomic mass is 10.1. The molecule has 0 aliphatic carbocycles. The van der Waals surface area contributed by atoms with Gasteiger partial charge in [0.15, 0.2) is 5.76 Å². The summed E-state index contributed by atoms with van der Waals surface area (Å²) in [5, 5.41) is 1.92. The first-order valence-corrected chi connectivity index (χ1v) is 10.7. The zero-order chi connectivity index (χ0) is 21.3. The van der Waals surface area contributed by atoms with E-state index < -0.39 is 0 Å². The number of para-hydroxylation sites is 1. The maximum absolute atomic E-state index is 13.3. The number of carbonyl (C=O) groups excluding carboxylic acids is 1. The number of carbonyl (C=O) groups is 1. The lowest BCUT2D eigenvalue weighted by Gasteiger charge is -2.35. The second kappa shape index (κ2) is 8.84. The highest BCUT2D eigenvalue weighted by molar-refractivity contribution is 6.36. The van der Waals surface area contributed by atoms with Crippen LogP contribution in [0, 0.1) is 0 Å². The molecule has 0 N–H and O–H groups in total.